The van der Waals surface area contributed by atoms with Gasteiger partial charge < -0.3 is 21.1 Å². The van der Waals surface area contributed by atoms with E-state index in [1.807, 2.05) is 5.38 Å². The Hall–Kier alpha value is -1.67. The summed E-state index contributed by atoms with van der Waals surface area (Å²) in [5, 5.41) is 14.0. The van der Waals surface area contributed by atoms with Gasteiger partial charge in [-0.25, -0.2) is 9.78 Å². The fourth-order valence-electron chi connectivity index (χ4n) is 2.09. The molecule has 0 unspecified atom stereocenters. The summed E-state index contributed by atoms with van der Waals surface area (Å²) in [6.45, 7) is 0.960. The van der Waals surface area contributed by atoms with Gasteiger partial charge in [-0.1, -0.05) is 0 Å². The molecule has 104 valence electrons. The molecule has 0 radical (unpaired) electrons. The highest BCUT2D eigenvalue weighted by molar-refractivity contribution is 7.13. The van der Waals surface area contributed by atoms with Crippen molar-refractivity contribution >= 4 is 28.5 Å². The molecule has 8 heteroatoms. The molecule has 2 heterocycles. The van der Waals surface area contributed by atoms with Crippen molar-refractivity contribution in [2.24, 2.45) is 5.73 Å². The molecule has 7 nitrogen and oxygen atoms in total. The summed E-state index contributed by atoms with van der Waals surface area (Å²) in [4.78, 5) is 27.8. The Morgan fingerprint density at radius 2 is 2.42 bits per heavy atom. The van der Waals surface area contributed by atoms with Gasteiger partial charge in [-0.15, -0.1) is 11.3 Å². The molecule has 1 aliphatic rings. The zero-order chi connectivity index (χ0) is 13.8. The summed E-state index contributed by atoms with van der Waals surface area (Å²) in [6, 6.07) is 0. The highest BCUT2D eigenvalue weighted by Crippen LogP contribution is 2.29. The van der Waals surface area contributed by atoms with E-state index in [-0.39, 0.29) is 18.4 Å². The van der Waals surface area contributed by atoms with Crippen molar-refractivity contribution in [2.45, 2.75) is 18.8 Å². The van der Waals surface area contributed by atoms with Gasteiger partial charge in [-0.05, 0) is 12.8 Å². The second-order valence-corrected chi connectivity index (χ2v) is 5.26. The van der Waals surface area contributed by atoms with Crippen LogP contribution in [-0.2, 0) is 4.79 Å². The molecule has 0 spiro atoms. The zero-order valence-corrected chi connectivity index (χ0v) is 11.2. The minimum atomic E-state index is -0.892. The number of carboxylic acid groups (broad SMARTS) is 1. The van der Waals surface area contributed by atoms with E-state index in [1.54, 1.807) is 0 Å². The molecule has 4 N–H and O–H groups in total. The molecule has 1 fully saturated rings. The smallest absolute Gasteiger partial charge is 0.407 e. The molecule has 2 rings (SSSR count). The Bertz CT molecular complexity index is 476. The summed E-state index contributed by atoms with van der Waals surface area (Å²) in [5.74, 6) is -0.179. The Morgan fingerprint density at radius 1 is 1.63 bits per heavy atom. The SMILES string of the molecule is NCC(=O)Nc1nc([C@@H]2CCCN(C(=O)O)C2)cs1. The topological polar surface area (TPSA) is 109 Å². The molecule has 0 bridgehead atoms. The number of nitrogens with one attached hydrogen (secondary N) is 1. The Morgan fingerprint density at radius 3 is 3.11 bits per heavy atom. The van der Waals surface area contributed by atoms with E-state index in [1.165, 1.54) is 16.2 Å². The Labute approximate surface area is 114 Å². The first kappa shape index (κ1) is 13.8. The quantitative estimate of drug-likeness (QED) is 0.764. The fraction of sp³-hybridized carbons (Fsp3) is 0.545. The molecular formula is C11H16N4O3S. The molecular weight excluding hydrogens is 268 g/mol. The summed E-state index contributed by atoms with van der Waals surface area (Å²) in [5.41, 5.74) is 6.05. The van der Waals surface area contributed by atoms with Crippen molar-refractivity contribution in [2.75, 3.05) is 25.0 Å². The van der Waals surface area contributed by atoms with Crippen molar-refractivity contribution < 1.29 is 14.7 Å². The van der Waals surface area contributed by atoms with E-state index in [9.17, 15) is 9.59 Å². The van der Waals surface area contributed by atoms with Gasteiger partial charge in [0.05, 0.1) is 12.2 Å². The summed E-state index contributed by atoms with van der Waals surface area (Å²) < 4.78 is 0. The van der Waals surface area contributed by atoms with Crippen LogP contribution in [0.2, 0.25) is 0 Å². The first-order valence-electron chi connectivity index (χ1n) is 6.03. The van der Waals surface area contributed by atoms with Crippen molar-refractivity contribution in [3.05, 3.63) is 11.1 Å². The number of likely N-dealkylation sites (tertiary alicyclic amines) is 1. The molecule has 1 aliphatic heterocycles. The van der Waals surface area contributed by atoms with Gasteiger partial charge >= 0.3 is 6.09 Å². The van der Waals surface area contributed by atoms with Crippen LogP contribution < -0.4 is 11.1 Å². The summed E-state index contributed by atoms with van der Waals surface area (Å²) in [7, 11) is 0. The Kier molecular flexibility index (Phi) is 4.33. The van der Waals surface area contributed by atoms with Crippen molar-refractivity contribution in [1.82, 2.24) is 9.88 Å². The lowest BCUT2D eigenvalue weighted by molar-refractivity contribution is -0.114. The van der Waals surface area contributed by atoms with Crippen molar-refractivity contribution in [3.8, 4) is 0 Å². The van der Waals surface area contributed by atoms with E-state index in [0.717, 1.165) is 18.5 Å². The lowest BCUT2D eigenvalue weighted by atomic mass is 9.96. The predicted molar refractivity (Wildman–Crippen MR) is 71.4 cm³/mol. The molecule has 0 saturated carbocycles. The van der Waals surface area contributed by atoms with Crippen LogP contribution >= 0.6 is 11.3 Å². The van der Waals surface area contributed by atoms with Crippen LogP contribution in [0, 0.1) is 0 Å². The average Bonchev–Trinajstić information content (AvgIpc) is 2.87. The van der Waals surface area contributed by atoms with Crippen molar-refractivity contribution in [3.63, 3.8) is 0 Å². The number of nitrogens with zero attached hydrogens (tertiary/aromatic N) is 2. The van der Waals surface area contributed by atoms with E-state index >= 15 is 0 Å². The second-order valence-electron chi connectivity index (χ2n) is 4.40. The number of aromatic nitrogens is 1. The molecule has 0 aliphatic carbocycles. The highest BCUT2D eigenvalue weighted by Gasteiger charge is 2.26. The molecule has 1 aromatic rings. The first-order chi connectivity index (χ1) is 9.10. The Balaban J connectivity index is 2.01. The van der Waals surface area contributed by atoms with Gasteiger partial charge in [0.2, 0.25) is 5.91 Å². The highest BCUT2D eigenvalue weighted by atomic mass is 32.1. The molecule has 2 amide bonds. The van der Waals surface area contributed by atoms with Gasteiger partial charge in [0.15, 0.2) is 5.13 Å². The molecule has 19 heavy (non-hydrogen) atoms. The number of amides is 2. The minimum Gasteiger partial charge on any atom is -0.465 e. The van der Waals surface area contributed by atoms with Crippen molar-refractivity contribution in [1.29, 1.82) is 0 Å². The molecule has 1 atom stereocenters. The van der Waals surface area contributed by atoms with E-state index in [4.69, 9.17) is 10.8 Å². The monoisotopic (exact) mass is 284 g/mol. The number of hydrogen-bond donors (Lipinski definition) is 3. The molecule has 1 aromatic heterocycles. The maximum Gasteiger partial charge on any atom is 0.407 e. The van der Waals surface area contributed by atoms with Crippen LogP contribution in [0.15, 0.2) is 5.38 Å². The van der Waals surface area contributed by atoms with E-state index < -0.39 is 6.09 Å². The number of hydrogen-bond acceptors (Lipinski definition) is 5. The minimum absolute atomic E-state index is 0.0782. The lowest BCUT2D eigenvalue weighted by Crippen LogP contribution is -2.38. The van der Waals surface area contributed by atoms with Crippen LogP contribution in [0.1, 0.15) is 24.5 Å². The number of carbonyl (C=O) groups is 2. The zero-order valence-electron chi connectivity index (χ0n) is 10.3. The third-order valence-corrected chi connectivity index (χ3v) is 3.84. The second kappa shape index (κ2) is 5.98. The average molecular weight is 284 g/mol. The lowest BCUT2D eigenvalue weighted by Gasteiger charge is -2.29. The van der Waals surface area contributed by atoms with Crippen LogP contribution in [-0.4, -0.2) is 46.6 Å². The first-order valence-corrected chi connectivity index (χ1v) is 6.91. The van der Waals surface area contributed by atoms with Gasteiger partial charge in [0.1, 0.15) is 0 Å². The van der Waals surface area contributed by atoms with Crippen LogP contribution in [0.4, 0.5) is 9.93 Å². The molecule has 0 aromatic carbocycles. The van der Waals surface area contributed by atoms with Gasteiger partial charge in [-0.2, -0.15) is 0 Å². The third kappa shape index (κ3) is 3.42. The molecule has 1 saturated heterocycles. The van der Waals surface area contributed by atoms with E-state index in [0.29, 0.717) is 18.2 Å². The number of nitrogens with two attached hydrogens (primary N) is 1. The maximum atomic E-state index is 11.2. The third-order valence-electron chi connectivity index (χ3n) is 3.06. The number of piperidine rings is 1. The summed E-state index contributed by atoms with van der Waals surface area (Å²) >= 11 is 1.33. The van der Waals surface area contributed by atoms with Crippen LogP contribution in [0.3, 0.4) is 0 Å². The van der Waals surface area contributed by atoms with Crippen LogP contribution in [0.5, 0.6) is 0 Å². The van der Waals surface area contributed by atoms with E-state index in [2.05, 4.69) is 10.3 Å². The van der Waals surface area contributed by atoms with Gasteiger partial charge in [-0.3, -0.25) is 4.79 Å². The number of rotatable bonds is 3. The number of anilines is 1. The standard InChI is InChI=1S/C11H16N4O3S/c12-4-9(16)14-10-13-8(6-19-10)7-2-1-3-15(5-7)11(17)18/h6-7H,1-5,12H2,(H,17,18)(H,13,14,16)/t7-/m1/s1. The predicted octanol–water partition coefficient (Wildman–Crippen LogP) is 0.898. The number of thiazole rings is 1. The van der Waals surface area contributed by atoms with Crippen LogP contribution in [0.25, 0.3) is 0 Å². The number of carbonyl (C=O) groups excluding carboxylic acids is 1. The summed E-state index contributed by atoms with van der Waals surface area (Å²) in [6.07, 6.45) is 0.855. The normalized spacial score (nSPS) is 19.2. The van der Waals surface area contributed by atoms with Gasteiger partial charge in [0, 0.05) is 24.4 Å². The largest absolute Gasteiger partial charge is 0.465 e. The maximum absolute atomic E-state index is 11.2. The van der Waals surface area contributed by atoms with Gasteiger partial charge in [0.25, 0.3) is 0 Å². The fourth-order valence-corrected chi connectivity index (χ4v) is 2.90.